The summed E-state index contributed by atoms with van der Waals surface area (Å²) >= 11 is 0. The largest absolute Gasteiger partial charge is 0.497 e. The molecule has 2 aromatic rings. The zero-order chi connectivity index (χ0) is 18.0. The number of sulfonamides is 1. The summed E-state index contributed by atoms with van der Waals surface area (Å²) in [4.78, 5) is 0.227. The highest BCUT2D eigenvalue weighted by Crippen LogP contribution is 2.31. The van der Waals surface area contributed by atoms with Gasteiger partial charge in [0.25, 0.3) is 0 Å². The molecule has 0 aliphatic carbocycles. The van der Waals surface area contributed by atoms with Crippen molar-refractivity contribution in [3.8, 4) is 17.2 Å². The predicted octanol–water partition coefficient (Wildman–Crippen LogP) is 2.68. The summed E-state index contributed by atoms with van der Waals surface area (Å²) in [5.41, 5.74) is 1.62. The van der Waals surface area contributed by atoms with E-state index in [1.807, 2.05) is 0 Å². The molecule has 0 aromatic heterocycles. The van der Waals surface area contributed by atoms with E-state index in [2.05, 4.69) is 4.72 Å². The fraction of sp³-hybridized carbons (Fsp3) is 0.333. The van der Waals surface area contributed by atoms with Gasteiger partial charge in [0.05, 0.1) is 25.7 Å². The Morgan fingerprint density at radius 1 is 1.12 bits per heavy atom. The average Bonchev–Trinajstić information content (AvgIpc) is 3.08. The Bertz CT molecular complexity index is 879. The first kappa shape index (κ1) is 17.6. The van der Waals surface area contributed by atoms with E-state index in [0.29, 0.717) is 23.7 Å². The summed E-state index contributed by atoms with van der Waals surface area (Å²) in [6, 6.07) is 9.73. The minimum absolute atomic E-state index is 0.227. The Balaban J connectivity index is 1.88. The van der Waals surface area contributed by atoms with Crippen LogP contribution in [0.4, 0.5) is 0 Å². The molecular weight excluding hydrogens is 342 g/mol. The van der Waals surface area contributed by atoms with E-state index < -0.39 is 16.1 Å². The minimum Gasteiger partial charge on any atom is -0.497 e. The lowest BCUT2D eigenvalue weighted by atomic mass is 10.1. The van der Waals surface area contributed by atoms with Gasteiger partial charge in [0, 0.05) is 18.0 Å². The molecule has 134 valence electrons. The third kappa shape index (κ3) is 3.57. The second kappa shape index (κ2) is 6.93. The summed E-state index contributed by atoms with van der Waals surface area (Å²) in [6.45, 7) is 2.36. The molecule has 7 heteroatoms. The number of fused-ring (bicyclic) bond motifs is 1. The van der Waals surface area contributed by atoms with Crippen molar-refractivity contribution in [2.45, 2.75) is 24.3 Å². The zero-order valence-electron chi connectivity index (χ0n) is 14.4. The molecule has 0 spiro atoms. The molecule has 1 heterocycles. The first-order valence-corrected chi connectivity index (χ1v) is 9.43. The van der Waals surface area contributed by atoms with Gasteiger partial charge in [-0.25, -0.2) is 13.1 Å². The van der Waals surface area contributed by atoms with Crippen molar-refractivity contribution in [3.05, 3.63) is 47.5 Å². The Hall–Kier alpha value is -2.25. The summed E-state index contributed by atoms with van der Waals surface area (Å²) in [5.74, 6) is 1.98. The summed E-state index contributed by atoms with van der Waals surface area (Å²) < 4.78 is 44.2. The molecule has 25 heavy (non-hydrogen) atoms. The lowest BCUT2D eigenvalue weighted by molar-refractivity contribution is 0.356. The number of nitrogens with one attached hydrogen (secondary N) is 1. The lowest BCUT2D eigenvalue weighted by Gasteiger charge is -2.18. The van der Waals surface area contributed by atoms with E-state index in [4.69, 9.17) is 14.2 Å². The Labute approximate surface area is 147 Å². The number of methoxy groups -OCH3 is 2. The van der Waals surface area contributed by atoms with Gasteiger partial charge in [-0.1, -0.05) is 0 Å². The highest BCUT2D eigenvalue weighted by Gasteiger charge is 2.23. The predicted molar refractivity (Wildman–Crippen MR) is 93.9 cm³/mol. The van der Waals surface area contributed by atoms with Crippen molar-refractivity contribution < 1.29 is 22.6 Å². The maximum Gasteiger partial charge on any atom is 0.241 e. The molecule has 0 amide bonds. The molecule has 0 saturated heterocycles. The Morgan fingerprint density at radius 3 is 2.64 bits per heavy atom. The molecule has 0 bridgehead atoms. The van der Waals surface area contributed by atoms with Crippen LogP contribution >= 0.6 is 0 Å². The lowest BCUT2D eigenvalue weighted by Crippen LogP contribution is -2.27. The van der Waals surface area contributed by atoms with E-state index in [9.17, 15) is 8.42 Å². The van der Waals surface area contributed by atoms with Gasteiger partial charge in [-0.05, 0) is 48.9 Å². The summed E-state index contributed by atoms with van der Waals surface area (Å²) in [7, 11) is -0.565. The van der Waals surface area contributed by atoms with E-state index in [1.54, 1.807) is 57.5 Å². The van der Waals surface area contributed by atoms with Gasteiger partial charge in [0.15, 0.2) is 0 Å². The van der Waals surface area contributed by atoms with Crippen LogP contribution in [0, 0.1) is 0 Å². The van der Waals surface area contributed by atoms with Crippen LogP contribution in [-0.2, 0) is 16.4 Å². The summed E-state index contributed by atoms with van der Waals surface area (Å²) in [6.07, 6.45) is 0.720. The fourth-order valence-corrected chi connectivity index (χ4v) is 4.15. The molecule has 0 fully saturated rings. The van der Waals surface area contributed by atoms with Crippen LogP contribution in [0.15, 0.2) is 41.3 Å². The first-order valence-electron chi connectivity index (χ1n) is 7.94. The van der Waals surface area contributed by atoms with Gasteiger partial charge < -0.3 is 14.2 Å². The third-order valence-corrected chi connectivity index (χ3v) is 5.74. The number of hydrogen-bond donors (Lipinski definition) is 1. The van der Waals surface area contributed by atoms with Crippen LogP contribution in [0.25, 0.3) is 0 Å². The third-order valence-electron chi connectivity index (χ3n) is 4.21. The smallest absolute Gasteiger partial charge is 0.241 e. The fourth-order valence-electron chi connectivity index (χ4n) is 2.87. The van der Waals surface area contributed by atoms with Gasteiger partial charge in [0.1, 0.15) is 17.2 Å². The quantitative estimate of drug-likeness (QED) is 0.854. The van der Waals surface area contributed by atoms with Gasteiger partial charge >= 0.3 is 0 Å². The monoisotopic (exact) mass is 363 g/mol. The summed E-state index contributed by atoms with van der Waals surface area (Å²) in [5, 5.41) is 0. The molecular formula is C18H21NO5S. The number of rotatable bonds is 6. The van der Waals surface area contributed by atoms with Crippen molar-refractivity contribution in [1.82, 2.24) is 4.72 Å². The van der Waals surface area contributed by atoms with Crippen molar-refractivity contribution in [2.24, 2.45) is 0 Å². The SMILES string of the molecule is COc1ccc(OC)c(C(C)NS(=O)(=O)c2ccc3c(c2)CCO3)c1. The second-order valence-electron chi connectivity index (χ2n) is 5.82. The van der Waals surface area contributed by atoms with E-state index in [0.717, 1.165) is 17.7 Å². The maximum atomic E-state index is 12.7. The Kier molecular flexibility index (Phi) is 4.87. The Morgan fingerprint density at radius 2 is 1.92 bits per heavy atom. The van der Waals surface area contributed by atoms with Crippen molar-refractivity contribution in [2.75, 3.05) is 20.8 Å². The standard InChI is InChI=1S/C18H21NO5S/c1-12(16-11-14(22-2)4-6-18(16)23-3)19-25(20,21)15-5-7-17-13(10-15)8-9-24-17/h4-7,10-12,19H,8-9H2,1-3H3. The van der Waals surface area contributed by atoms with Crippen molar-refractivity contribution in [1.29, 1.82) is 0 Å². The van der Waals surface area contributed by atoms with Gasteiger partial charge in [0.2, 0.25) is 10.0 Å². The van der Waals surface area contributed by atoms with Crippen molar-refractivity contribution >= 4 is 10.0 Å². The van der Waals surface area contributed by atoms with E-state index in [1.165, 1.54) is 0 Å². The number of hydrogen-bond acceptors (Lipinski definition) is 5. The molecule has 3 rings (SSSR count). The number of ether oxygens (including phenoxy) is 3. The normalized spacial score (nSPS) is 14.5. The molecule has 6 nitrogen and oxygen atoms in total. The molecule has 0 radical (unpaired) electrons. The average molecular weight is 363 g/mol. The second-order valence-corrected chi connectivity index (χ2v) is 7.53. The molecule has 1 aliphatic heterocycles. The topological polar surface area (TPSA) is 73.9 Å². The molecule has 1 aliphatic rings. The van der Waals surface area contributed by atoms with Crippen LogP contribution in [0.1, 0.15) is 24.1 Å². The molecule has 1 N–H and O–H groups in total. The first-order chi connectivity index (χ1) is 11.9. The van der Waals surface area contributed by atoms with E-state index in [-0.39, 0.29) is 4.90 Å². The highest BCUT2D eigenvalue weighted by molar-refractivity contribution is 7.89. The number of benzene rings is 2. The molecule has 1 atom stereocenters. The maximum absolute atomic E-state index is 12.7. The van der Waals surface area contributed by atoms with Crippen LogP contribution in [0.5, 0.6) is 17.2 Å². The minimum atomic E-state index is -3.68. The van der Waals surface area contributed by atoms with Gasteiger partial charge in [-0.2, -0.15) is 0 Å². The van der Waals surface area contributed by atoms with Crippen LogP contribution in [0.3, 0.4) is 0 Å². The zero-order valence-corrected chi connectivity index (χ0v) is 15.2. The molecule has 2 aromatic carbocycles. The van der Waals surface area contributed by atoms with Crippen molar-refractivity contribution in [3.63, 3.8) is 0 Å². The van der Waals surface area contributed by atoms with Gasteiger partial charge in [-0.15, -0.1) is 0 Å². The van der Waals surface area contributed by atoms with Crippen LogP contribution in [-0.4, -0.2) is 29.2 Å². The molecule has 1 unspecified atom stereocenters. The highest BCUT2D eigenvalue weighted by atomic mass is 32.2. The molecule has 0 saturated carbocycles. The van der Waals surface area contributed by atoms with Crippen LogP contribution in [0.2, 0.25) is 0 Å². The van der Waals surface area contributed by atoms with Gasteiger partial charge in [-0.3, -0.25) is 0 Å². The van der Waals surface area contributed by atoms with Crippen LogP contribution < -0.4 is 18.9 Å². The van der Waals surface area contributed by atoms with E-state index >= 15 is 0 Å².